The number of aromatic nitrogens is 1. The third-order valence-electron chi connectivity index (χ3n) is 4.66. The number of hydrogen-bond acceptors (Lipinski definition) is 3. The lowest BCUT2D eigenvalue weighted by Crippen LogP contribution is -2.44. The summed E-state index contributed by atoms with van der Waals surface area (Å²) in [4.78, 5) is 17.9. The lowest BCUT2D eigenvalue weighted by atomic mass is 9.82. The van der Waals surface area contributed by atoms with Crippen LogP contribution in [0.2, 0.25) is 0 Å². The van der Waals surface area contributed by atoms with E-state index in [0.29, 0.717) is 12.5 Å². The highest BCUT2D eigenvalue weighted by molar-refractivity contribution is 5.73. The maximum atomic E-state index is 11.3. The van der Waals surface area contributed by atoms with Gasteiger partial charge in [-0.15, -0.1) is 0 Å². The van der Waals surface area contributed by atoms with Crippen molar-refractivity contribution in [1.82, 2.24) is 9.88 Å². The van der Waals surface area contributed by atoms with Crippen LogP contribution in [0, 0.1) is 0 Å². The molecule has 1 atom stereocenters. The van der Waals surface area contributed by atoms with Crippen molar-refractivity contribution in [2.45, 2.75) is 57.0 Å². The molecule has 1 saturated carbocycles. The van der Waals surface area contributed by atoms with Crippen molar-refractivity contribution in [3.8, 4) is 0 Å². The second kappa shape index (κ2) is 5.92. The first-order valence-electron chi connectivity index (χ1n) is 7.66. The molecule has 1 aliphatic heterocycles. The Labute approximate surface area is 119 Å². The molecule has 1 aromatic heterocycles. The van der Waals surface area contributed by atoms with E-state index in [0.717, 1.165) is 31.4 Å². The summed E-state index contributed by atoms with van der Waals surface area (Å²) in [5.41, 5.74) is 2.33. The molecule has 1 saturated heterocycles. The quantitative estimate of drug-likeness (QED) is 0.917. The maximum absolute atomic E-state index is 11.3. The van der Waals surface area contributed by atoms with E-state index in [9.17, 15) is 9.90 Å². The smallest absolute Gasteiger partial charge is 0.320 e. The predicted octanol–water partition coefficient (Wildman–Crippen LogP) is 2.79. The van der Waals surface area contributed by atoms with E-state index < -0.39 is 5.97 Å². The molecular formula is C16H22N2O2. The molecular weight excluding hydrogens is 252 g/mol. The van der Waals surface area contributed by atoms with E-state index in [-0.39, 0.29) is 6.04 Å². The molecule has 4 heteroatoms. The van der Waals surface area contributed by atoms with Gasteiger partial charge in [0.1, 0.15) is 6.04 Å². The number of hydrogen-bond donors (Lipinski definition) is 1. The zero-order chi connectivity index (χ0) is 13.9. The van der Waals surface area contributed by atoms with Gasteiger partial charge < -0.3 is 5.11 Å². The monoisotopic (exact) mass is 274 g/mol. The molecule has 0 bridgehead atoms. The molecule has 3 rings (SSSR count). The third-order valence-corrected chi connectivity index (χ3v) is 4.66. The SMILES string of the molecule is O=C(O)C1CCCCN1Cc1ccc(C2CCC2)nc1. The Hall–Kier alpha value is -1.42. The molecule has 108 valence electrons. The van der Waals surface area contributed by atoms with Gasteiger partial charge in [0.2, 0.25) is 0 Å². The molecule has 1 N–H and O–H groups in total. The summed E-state index contributed by atoms with van der Waals surface area (Å²) < 4.78 is 0. The van der Waals surface area contributed by atoms with Crippen LogP contribution in [-0.2, 0) is 11.3 Å². The Morgan fingerprint density at radius 1 is 1.25 bits per heavy atom. The van der Waals surface area contributed by atoms with Crippen LogP contribution in [0.25, 0.3) is 0 Å². The summed E-state index contributed by atoms with van der Waals surface area (Å²) in [6, 6.07) is 3.92. The minimum Gasteiger partial charge on any atom is -0.480 e. The number of rotatable bonds is 4. The highest BCUT2D eigenvalue weighted by Crippen LogP contribution is 2.35. The fourth-order valence-corrected chi connectivity index (χ4v) is 3.17. The summed E-state index contributed by atoms with van der Waals surface area (Å²) >= 11 is 0. The number of pyridine rings is 1. The fourth-order valence-electron chi connectivity index (χ4n) is 3.17. The zero-order valence-electron chi connectivity index (χ0n) is 11.8. The zero-order valence-corrected chi connectivity index (χ0v) is 11.8. The molecule has 1 aliphatic carbocycles. The van der Waals surface area contributed by atoms with Crippen LogP contribution in [0.15, 0.2) is 18.3 Å². The molecule has 1 unspecified atom stereocenters. The molecule has 0 aromatic carbocycles. The largest absolute Gasteiger partial charge is 0.480 e. The van der Waals surface area contributed by atoms with Gasteiger partial charge in [-0.3, -0.25) is 14.7 Å². The van der Waals surface area contributed by atoms with Crippen molar-refractivity contribution in [2.75, 3.05) is 6.54 Å². The first kappa shape index (κ1) is 13.6. The Kier molecular flexibility index (Phi) is 4.01. The average molecular weight is 274 g/mol. The molecule has 4 nitrogen and oxygen atoms in total. The summed E-state index contributed by atoms with van der Waals surface area (Å²) in [5.74, 6) is -0.0328. The number of carbonyl (C=O) groups is 1. The maximum Gasteiger partial charge on any atom is 0.320 e. The van der Waals surface area contributed by atoms with Crippen LogP contribution in [-0.4, -0.2) is 33.5 Å². The van der Waals surface area contributed by atoms with Crippen molar-refractivity contribution in [2.24, 2.45) is 0 Å². The predicted molar refractivity (Wildman–Crippen MR) is 76.5 cm³/mol. The Morgan fingerprint density at radius 3 is 2.70 bits per heavy atom. The molecule has 0 radical (unpaired) electrons. The second-order valence-corrected chi connectivity index (χ2v) is 6.04. The number of likely N-dealkylation sites (tertiary alicyclic amines) is 1. The van der Waals surface area contributed by atoms with Crippen molar-refractivity contribution < 1.29 is 9.90 Å². The van der Waals surface area contributed by atoms with Crippen LogP contribution < -0.4 is 0 Å². The van der Waals surface area contributed by atoms with Gasteiger partial charge >= 0.3 is 5.97 Å². The van der Waals surface area contributed by atoms with E-state index in [2.05, 4.69) is 22.0 Å². The van der Waals surface area contributed by atoms with Crippen molar-refractivity contribution >= 4 is 5.97 Å². The van der Waals surface area contributed by atoms with Gasteiger partial charge in [0.25, 0.3) is 0 Å². The van der Waals surface area contributed by atoms with Crippen LogP contribution in [0.5, 0.6) is 0 Å². The van der Waals surface area contributed by atoms with Gasteiger partial charge in [-0.1, -0.05) is 18.9 Å². The molecule has 20 heavy (non-hydrogen) atoms. The minimum atomic E-state index is -0.691. The highest BCUT2D eigenvalue weighted by atomic mass is 16.4. The summed E-state index contributed by atoms with van der Waals surface area (Å²) in [7, 11) is 0. The second-order valence-electron chi connectivity index (χ2n) is 6.04. The van der Waals surface area contributed by atoms with Gasteiger partial charge in [-0.05, 0) is 43.9 Å². The standard InChI is InChI=1S/C16H22N2O2/c19-16(20)15-6-1-2-9-18(15)11-12-7-8-14(17-10-12)13-4-3-5-13/h7-8,10,13,15H,1-6,9,11H2,(H,19,20). The van der Waals surface area contributed by atoms with Crippen molar-refractivity contribution in [1.29, 1.82) is 0 Å². The van der Waals surface area contributed by atoms with Crippen LogP contribution >= 0.6 is 0 Å². The molecule has 2 heterocycles. The lowest BCUT2D eigenvalue weighted by Gasteiger charge is -2.32. The van der Waals surface area contributed by atoms with E-state index in [1.54, 1.807) is 0 Å². The van der Waals surface area contributed by atoms with Crippen LogP contribution in [0.4, 0.5) is 0 Å². The minimum absolute atomic E-state index is 0.324. The highest BCUT2D eigenvalue weighted by Gasteiger charge is 2.28. The molecule has 1 aromatic rings. The average Bonchev–Trinajstić information content (AvgIpc) is 2.39. The number of carboxylic acids is 1. The number of aliphatic carboxylic acids is 1. The number of nitrogens with zero attached hydrogens (tertiary/aromatic N) is 2. The summed E-state index contributed by atoms with van der Waals surface area (Å²) in [6.07, 6.45) is 8.66. The van der Waals surface area contributed by atoms with Gasteiger partial charge in [-0.2, -0.15) is 0 Å². The van der Waals surface area contributed by atoms with Gasteiger partial charge in [0.05, 0.1) is 0 Å². The van der Waals surface area contributed by atoms with Crippen LogP contribution in [0.3, 0.4) is 0 Å². The molecule has 2 aliphatic rings. The van der Waals surface area contributed by atoms with Gasteiger partial charge in [-0.25, -0.2) is 0 Å². The normalized spacial score (nSPS) is 24.3. The van der Waals surface area contributed by atoms with Gasteiger partial charge in [0, 0.05) is 24.4 Å². The van der Waals surface area contributed by atoms with E-state index in [1.165, 1.54) is 25.0 Å². The molecule has 2 fully saturated rings. The fraction of sp³-hybridized carbons (Fsp3) is 0.625. The number of piperidine rings is 1. The van der Waals surface area contributed by atoms with Crippen LogP contribution in [0.1, 0.15) is 55.7 Å². The first-order chi connectivity index (χ1) is 9.74. The Balaban J connectivity index is 1.65. The summed E-state index contributed by atoms with van der Waals surface area (Å²) in [5, 5.41) is 9.29. The van der Waals surface area contributed by atoms with Gasteiger partial charge in [0.15, 0.2) is 0 Å². The topological polar surface area (TPSA) is 53.4 Å². The van der Waals surface area contributed by atoms with Crippen molar-refractivity contribution in [3.05, 3.63) is 29.6 Å². The van der Waals surface area contributed by atoms with E-state index >= 15 is 0 Å². The molecule has 0 amide bonds. The van der Waals surface area contributed by atoms with Crippen molar-refractivity contribution in [3.63, 3.8) is 0 Å². The summed E-state index contributed by atoms with van der Waals surface area (Å²) in [6.45, 7) is 1.58. The third kappa shape index (κ3) is 2.85. The Bertz CT molecular complexity index is 468. The molecule has 0 spiro atoms. The van der Waals surface area contributed by atoms with E-state index in [4.69, 9.17) is 0 Å². The van der Waals surface area contributed by atoms with E-state index in [1.807, 2.05) is 6.20 Å². The lowest BCUT2D eigenvalue weighted by molar-refractivity contribution is -0.144. The first-order valence-corrected chi connectivity index (χ1v) is 7.66. The number of carboxylic acid groups (broad SMARTS) is 1. The Morgan fingerprint density at radius 2 is 2.10 bits per heavy atom.